The molecule has 3 nitrogen and oxygen atoms in total. The number of benzene rings is 1. The lowest BCUT2D eigenvalue weighted by Crippen LogP contribution is -2.07. The first-order valence-corrected chi connectivity index (χ1v) is 6.04. The fourth-order valence-corrected chi connectivity index (χ4v) is 1.85. The van der Waals surface area contributed by atoms with Crippen molar-refractivity contribution in [2.24, 2.45) is 0 Å². The maximum absolute atomic E-state index is 12.7. The Morgan fingerprint density at radius 3 is 2.75 bits per heavy atom. The van der Waals surface area contributed by atoms with Gasteiger partial charge in [-0.1, -0.05) is 18.2 Å². The molecule has 0 aliphatic rings. The van der Waals surface area contributed by atoms with Crippen molar-refractivity contribution in [1.29, 1.82) is 0 Å². The predicted octanol–water partition coefficient (Wildman–Crippen LogP) is 4.27. The molecule has 1 aromatic heterocycles. The van der Waals surface area contributed by atoms with Gasteiger partial charge in [0, 0.05) is 30.2 Å². The summed E-state index contributed by atoms with van der Waals surface area (Å²) < 4.78 is 39.6. The van der Waals surface area contributed by atoms with E-state index < -0.39 is 11.7 Å². The zero-order valence-electron chi connectivity index (χ0n) is 10.3. The maximum Gasteiger partial charge on any atom is 0.417 e. The van der Waals surface area contributed by atoms with Gasteiger partial charge in [0.15, 0.2) is 0 Å². The lowest BCUT2D eigenvalue weighted by Gasteiger charge is -2.11. The Balaban J connectivity index is 2.12. The Kier molecular flexibility index (Phi) is 4.04. The number of aromatic nitrogens is 2. The van der Waals surface area contributed by atoms with Crippen LogP contribution in [0, 0.1) is 0 Å². The van der Waals surface area contributed by atoms with Gasteiger partial charge in [-0.25, -0.2) is 4.68 Å². The third kappa shape index (κ3) is 3.33. The van der Waals surface area contributed by atoms with Crippen LogP contribution in [0.5, 0.6) is 0 Å². The van der Waals surface area contributed by atoms with Crippen LogP contribution in [0.2, 0.25) is 5.02 Å². The van der Waals surface area contributed by atoms with Crippen LogP contribution in [-0.4, -0.2) is 9.78 Å². The molecule has 0 amide bonds. The summed E-state index contributed by atoms with van der Waals surface area (Å²) in [6.45, 7) is 3.91. The maximum atomic E-state index is 12.7. The van der Waals surface area contributed by atoms with E-state index in [2.05, 4.69) is 17.0 Å². The van der Waals surface area contributed by atoms with Gasteiger partial charge in [-0.05, 0) is 18.2 Å². The quantitative estimate of drug-likeness (QED) is 0.914. The minimum Gasteiger partial charge on any atom is -0.381 e. The van der Waals surface area contributed by atoms with Crippen LogP contribution in [0.4, 0.5) is 18.9 Å². The predicted molar refractivity (Wildman–Crippen MR) is 72.4 cm³/mol. The number of rotatable bonds is 4. The molecule has 2 rings (SSSR count). The van der Waals surface area contributed by atoms with Crippen LogP contribution < -0.4 is 5.32 Å². The number of nitrogens with zero attached hydrogens (tertiary/aromatic N) is 2. The Morgan fingerprint density at radius 1 is 1.40 bits per heavy atom. The van der Waals surface area contributed by atoms with Gasteiger partial charge in [0.05, 0.1) is 16.8 Å². The van der Waals surface area contributed by atoms with Crippen LogP contribution in [0.1, 0.15) is 11.1 Å². The van der Waals surface area contributed by atoms with Crippen LogP contribution in [0.15, 0.2) is 37.2 Å². The fourth-order valence-electron chi connectivity index (χ4n) is 1.63. The van der Waals surface area contributed by atoms with Gasteiger partial charge < -0.3 is 5.32 Å². The van der Waals surface area contributed by atoms with Crippen molar-refractivity contribution in [3.05, 3.63) is 53.3 Å². The molecular weight excluding hydrogens is 291 g/mol. The number of hydrogen-bond acceptors (Lipinski definition) is 2. The van der Waals surface area contributed by atoms with Gasteiger partial charge in [0.25, 0.3) is 0 Å². The van der Waals surface area contributed by atoms with Crippen molar-refractivity contribution in [3.8, 4) is 0 Å². The zero-order chi connectivity index (χ0) is 14.8. The summed E-state index contributed by atoms with van der Waals surface area (Å²) in [5, 5.41) is 6.55. The van der Waals surface area contributed by atoms with Crippen LogP contribution in [0.3, 0.4) is 0 Å². The average molecular weight is 302 g/mol. The SMILES string of the molecule is C=Cn1cc(CNc2ccc(Cl)c(C(F)(F)F)c2)cn1. The van der Waals surface area contributed by atoms with Crippen molar-refractivity contribution in [3.63, 3.8) is 0 Å². The molecule has 1 heterocycles. The third-order valence-corrected chi connectivity index (χ3v) is 2.94. The Morgan fingerprint density at radius 2 is 2.15 bits per heavy atom. The molecule has 106 valence electrons. The molecule has 0 radical (unpaired) electrons. The first-order valence-electron chi connectivity index (χ1n) is 5.66. The Labute approximate surface area is 118 Å². The molecule has 1 N–H and O–H groups in total. The van der Waals surface area contributed by atoms with Gasteiger partial charge >= 0.3 is 6.18 Å². The fraction of sp³-hybridized carbons (Fsp3) is 0.154. The standard InChI is InChI=1S/C13H11ClF3N3/c1-2-20-8-9(7-19-20)6-18-10-3-4-12(14)11(5-10)13(15,16)17/h2-5,7-8,18H,1,6H2. The minimum atomic E-state index is -4.47. The summed E-state index contributed by atoms with van der Waals surface area (Å²) in [6.07, 6.45) is 0.381. The van der Waals surface area contributed by atoms with Crippen molar-refractivity contribution in [1.82, 2.24) is 9.78 Å². The molecule has 1 aromatic carbocycles. The highest BCUT2D eigenvalue weighted by atomic mass is 35.5. The molecule has 0 saturated heterocycles. The van der Waals surface area contributed by atoms with Gasteiger partial charge in [-0.15, -0.1) is 0 Å². The number of halogens is 4. The van der Waals surface area contributed by atoms with E-state index >= 15 is 0 Å². The molecule has 0 atom stereocenters. The molecule has 0 aliphatic heterocycles. The van der Waals surface area contributed by atoms with Crippen molar-refractivity contribution in [2.45, 2.75) is 12.7 Å². The van der Waals surface area contributed by atoms with E-state index in [-0.39, 0.29) is 5.02 Å². The van der Waals surface area contributed by atoms with Crippen LogP contribution >= 0.6 is 11.6 Å². The molecular formula is C13H11ClF3N3. The van der Waals surface area contributed by atoms with Crippen molar-refractivity contribution in [2.75, 3.05) is 5.32 Å². The molecule has 20 heavy (non-hydrogen) atoms. The lowest BCUT2D eigenvalue weighted by molar-refractivity contribution is -0.137. The third-order valence-electron chi connectivity index (χ3n) is 2.61. The van der Waals surface area contributed by atoms with Gasteiger partial charge in [-0.3, -0.25) is 0 Å². The second kappa shape index (κ2) is 5.58. The lowest BCUT2D eigenvalue weighted by atomic mass is 10.2. The van der Waals surface area contributed by atoms with Crippen LogP contribution in [-0.2, 0) is 12.7 Å². The number of hydrogen-bond donors (Lipinski definition) is 1. The van der Waals surface area contributed by atoms with E-state index in [1.54, 1.807) is 12.4 Å². The second-order valence-corrected chi connectivity index (χ2v) is 4.46. The smallest absolute Gasteiger partial charge is 0.381 e. The highest BCUT2D eigenvalue weighted by Gasteiger charge is 2.33. The second-order valence-electron chi connectivity index (χ2n) is 4.06. The van der Waals surface area contributed by atoms with E-state index in [0.29, 0.717) is 12.2 Å². The summed E-state index contributed by atoms with van der Waals surface area (Å²) in [5.41, 5.74) is 0.312. The van der Waals surface area contributed by atoms with Gasteiger partial charge in [0.2, 0.25) is 0 Å². The first kappa shape index (κ1) is 14.5. The van der Waals surface area contributed by atoms with E-state index in [0.717, 1.165) is 11.6 Å². The van der Waals surface area contributed by atoms with E-state index in [1.807, 2.05) is 0 Å². The summed E-state index contributed by atoms with van der Waals surface area (Å²) in [5.74, 6) is 0. The Bertz CT molecular complexity index is 620. The molecule has 0 aliphatic carbocycles. The number of nitrogens with one attached hydrogen (secondary N) is 1. The van der Waals surface area contributed by atoms with Gasteiger partial charge in [-0.2, -0.15) is 18.3 Å². The topological polar surface area (TPSA) is 29.9 Å². The minimum absolute atomic E-state index is 0.317. The van der Waals surface area contributed by atoms with Crippen molar-refractivity contribution >= 4 is 23.5 Å². The average Bonchev–Trinajstić information content (AvgIpc) is 2.84. The molecule has 0 bridgehead atoms. The zero-order valence-corrected chi connectivity index (χ0v) is 11.0. The summed E-state index contributed by atoms with van der Waals surface area (Å²) >= 11 is 5.55. The summed E-state index contributed by atoms with van der Waals surface area (Å²) in [6, 6.07) is 3.70. The van der Waals surface area contributed by atoms with Crippen LogP contribution in [0.25, 0.3) is 6.20 Å². The largest absolute Gasteiger partial charge is 0.417 e. The summed E-state index contributed by atoms with van der Waals surface area (Å²) in [7, 11) is 0. The number of alkyl halides is 3. The molecule has 2 aromatic rings. The summed E-state index contributed by atoms with van der Waals surface area (Å²) in [4.78, 5) is 0. The van der Waals surface area contributed by atoms with Crippen molar-refractivity contribution < 1.29 is 13.2 Å². The van der Waals surface area contributed by atoms with E-state index in [9.17, 15) is 13.2 Å². The molecule has 0 saturated carbocycles. The molecule has 0 spiro atoms. The monoisotopic (exact) mass is 301 g/mol. The Hall–Kier alpha value is -1.95. The highest BCUT2D eigenvalue weighted by molar-refractivity contribution is 6.31. The molecule has 0 fully saturated rings. The van der Waals surface area contributed by atoms with Gasteiger partial charge in [0.1, 0.15) is 0 Å². The highest BCUT2D eigenvalue weighted by Crippen LogP contribution is 2.36. The molecule has 7 heteroatoms. The number of anilines is 1. The first-order chi connectivity index (χ1) is 9.40. The van der Waals surface area contributed by atoms with E-state index in [1.165, 1.54) is 23.0 Å². The normalized spacial score (nSPS) is 11.4. The molecule has 0 unspecified atom stereocenters. The van der Waals surface area contributed by atoms with E-state index in [4.69, 9.17) is 11.6 Å².